The molecule has 0 bridgehead atoms. The fourth-order valence-corrected chi connectivity index (χ4v) is 2.23. The van der Waals surface area contributed by atoms with Gasteiger partial charge in [-0.05, 0) is 30.2 Å². The van der Waals surface area contributed by atoms with Crippen molar-refractivity contribution in [2.45, 2.75) is 13.0 Å². The zero-order valence-electron chi connectivity index (χ0n) is 14.7. The number of hydrogen-bond donors (Lipinski definition) is 3. The van der Waals surface area contributed by atoms with Crippen molar-refractivity contribution in [3.8, 4) is 0 Å². The number of aromatic amines is 1. The third-order valence-electron chi connectivity index (χ3n) is 3.51. The largest absolute Gasteiger partial charge is 0.356 e. The van der Waals surface area contributed by atoms with E-state index in [1.165, 1.54) is 0 Å². The molecule has 0 aliphatic carbocycles. The van der Waals surface area contributed by atoms with Crippen LogP contribution in [0.2, 0.25) is 0 Å². The molecule has 1 aromatic heterocycles. The van der Waals surface area contributed by atoms with Crippen LogP contribution in [0.3, 0.4) is 0 Å². The fraction of sp³-hybridized carbons (Fsp3) is 0.353. The van der Waals surface area contributed by atoms with Crippen LogP contribution in [0, 0.1) is 0 Å². The van der Waals surface area contributed by atoms with E-state index in [-0.39, 0.29) is 29.9 Å². The second kappa shape index (κ2) is 10.7. The maximum atomic E-state index is 12.0. The molecule has 2 aromatic rings. The third kappa shape index (κ3) is 6.73. The Labute approximate surface area is 165 Å². The predicted molar refractivity (Wildman–Crippen MR) is 110 cm³/mol. The zero-order valence-corrected chi connectivity index (χ0v) is 17.1. The Morgan fingerprint density at radius 2 is 2.08 bits per heavy atom. The van der Waals surface area contributed by atoms with Gasteiger partial charge in [0.2, 0.25) is 0 Å². The van der Waals surface area contributed by atoms with E-state index in [0.29, 0.717) is 12.1 Å². The number of amides is 1. The second-order valence-electron chi connectivity index (χ2n) is 5.58. The molecule has 1 heterocycles. The van der Waals surface area contributed by atoms with E-state index in [4.69, 9.17) is 0 Å². The number of nitrogens with one attached hydrogen (secondary N) is 3. The highest BCUT2D eigenvalue weighted by atomic mass is 127. The number of H-pyrrole nitrogens is 1. The topological polar surface area (TPSA) is 85.4 Å². The Balaban J connectivity index is 0.00000312. The van der Waals surface area contributed by atoms with Gasteiger partial charge in [-0.25, -0.2) is 0 Å². The lowest BCUT2D eigenvalue weighted by molar-refractivity contribution is 0.0827. The van der Waals surface area contributed by atoms with Crippen LogP contribution in [-0.4, -0.2) is 54.7 Å². The van der Waals surface area contributed by atoms with E-state index in [1.807, 2.05) is 30.3 Å². The first-order valence-corrected chi connectivity index (χ1v) is 7.83. The van der Waals surface area contributed by atoms with E-state index in [0.717, 1.165) is 30.2 Å². The van der Waals surface area contributed by atoms with E-state index >= 15 is 0 Å². The fourth-order valence-electron chi connectivity index (χ4n) is 2.23. The number of carbonyl (C=O) groups is 1. The van der Waals surface area contributed by atoms with Crippen LogP contribution < -0.4 is 10.6 Å². The number of hydrogen-bond acceptors (Lipinski definition) is 3. The molecule has 0 atom stereocenters. The number of carbonyl (C=O) groups excluding carboxylic acids is 1. The van der Waals surface area contributed by atoms with Gasteiger partial charge in [-0.15, -0.1) is 24.0 Å². The smallest absolute Gasteiger partial charge is 0.253 e. The van der Waals surface area contributed by atoms with E-state index in [1.54, 1.807) is 32.2 Å². The van der Waals surface area contributed by atoms with Gasteiger partial charge in [0.1, 0.15) is 0 Å². The van der Waals surface area contributed by atoms with Crippen LogP contribution in [0.1, 0.15) is 21.6 Å². The molecule has 0 aliphatic rings. The highest BCUT2D eigenvalue weighted by Crippen LogP contribution is 2.07. The lowest BCUT2D eigenvalue weighted by atomic mass is 10.1. The molecule has 0 fully saturated rings. The molecule has 1 amide bonds. The van der Waals surface area contributed by atoms with Crippen LogP contribution in [0.25, 0.3) is 0 Å². The molecule has 136 valence electrons. The van der Waals surface area contributed by atoms with Gasteiger partial charge in [0.05, 0.1) is 12.2 Å². The lowest BCUT2D eigenvalue weighted by Crippen LogP contribution is -2.37. The summed E-state index contributed by atoms with van der Waals surface area (Å²) in [5.74, 6) is 0.743. The highest BCUT2D eigenvalue weighted by Gasteiger charge is 2.08. The molecule has 25 heavy (non-hydrogen) atoms. The van der Waals surface area contributed by atoms with Gasteiger partial charge in [0.25, 0.3) is 5.91 Å². The van der Waals surface area contributed by atoms with E-state index in [2.05, 4.69) is 25.8 Å². The van der Waals surface area contributed by atoms with Gasteiger partial charge in [-0.2, -0.15) is 5.10 Å². The van der Waals surface area contributed by atoms with Gasteiger partial charge in [-0.1, -0.05) is 12.1 Å². The first-order chi connectivity index (χ1) is 11.6. The SMILES string of the molecule is CN=C(NCCc1cccc(C(=O)N(C)C)c1)NCc1ccn[nH]1.I. The summed E-state index contributed by atoms with van der Waals surface area (Å²) in [6, 6.07) is 9.62. The Morgan fingerprint density at radius 1 is 1.28 bits per heavy atom. The van der Waals surface area contributed by atoms with Crippen LogP contribution in [-0.2, 0) is 13.0 Å². The van der Waals surface area contributed by atoms with Gasteiger partial charge in [0, 0.05) is 39.4 Å². The summed E-state index contributed by atoms with van der Waals surface area (Å²) in [5, 5.41) is 13.3. The monoisotopic (exact) mass is 456 g/mol. The molecule has 8 heteroatoms. The first-order valence-electron chi connectivity index (χ1n) is 7.83. The minimum Gasteiger partial charge on any atom is -0.356 e. The highest BCUT2D eigenvalue weighted by molar-refractivity contribution is 14.0. The molecule has 0 saturated heterocycles. The van der Waals surface area contributed by atoms with Crippen molar-refractivity contribution in [3.63, 3.8) is 0 Å². The summed E-state index contributed by atoms with van der Waals surface area (Å²) >= 11 is 0. The number of benzene rings is 1. The van der Waals surface area contributed by atoms with Crippen LogP contribution >= 0.6 is 24.0 Å². The summed E-state index contributed by atoms with van der Waals surface area (Å²) < 4.78 is 0. The normalized spacial score (nSPS) is 10.8. The van der Waals surface area contributed by atoms with E-state index < -0.39 is 0 Å². The standard InChI is InChI=1S/C17H24N6O.HI/c1-18-17(20-12-15-8-10-21-22-15)19-9-7-13-5-4-6-14(11-13)16(24)23(2)3;/h4-6,8,10-11H,7,9,12H2,1-3H3,(H,21,22)(H2,18,19,20);1H. The number of aliphatic imine (C=N–C) groups is 1. The average Bonchev–Trinajstić information content (AvgIpc) is 3.11. The van der Waals surface area contributed by atoms with Crippen molar-refractivity contribution in [1.82, 2.24) is 25.7 Å². The molecule has 0 unspecified atom stereocenters. The minimum absolute atomic E-state index is 0. The van der Waals surface area contributed by atoms with Crippen LogP contribution in [0.15, 0.2) is 41.5 Å². The van der Waals surface area contributed by atoms with E-state index in [9.17, 15) is 4.79 Å². The molecule has 7 nitrogen and oxygen atoms in total. The van der Waals surface area contributed by atoms with Crippen molar-refractivity contribution >= 4 is 35.8 Å². The number of nitrogens with zero attached hydrogens (tertiary/aromatic N) is 3. The molecule has 0 spiro atoms. The molecular formula is C17H25IN6O. The first kappa shape index (κ1) is 20.9. The summed E-state index contributed by atoms with van der Waals surface area (Å²) in [6.45, 7) is 1.36. The number of halogens is 1. The Morgan fingerprint density at radius 3 is 2.72 bits per heavy atom. The summed E-state index contributed by atoms with van der Waals surface area (Å²) in [6.07, 6.45) is 2.52. The Bertz CT molecular complexity index is 684. The van der Waals surface area contributed by atoms with Gasteiger partial charge in [0.15, 0.2) is 5.96 Å². The zero-order chi connectivity index (χ0) is 17.4. The number of guanidine groups is 1. The Hall–Kier alpha value is -2.10. The van der Waals surface area contributed by atoms with Crippen molar-refractivity contribution in [3.05, 3.63) is 53.3 Å². The summed E-state index contributed by atoms with van der Waals surface area (Å²) in [5.41, 5.74) is 2.81. The van der Waals surface area contributed by atoms with Gasteiger partial charge in [-0.3, -0.25) is 14.9 Å². The molecule has 2 rings (SSSR count). The predicted octanol–water partition coefficient (Wildman–Crippen LogP) is 1.64. The van der Waals surface area contributed by atoms with Crippen molar-refractivity contribution < 1.29 is 4.79 Å². The van der Waals surface area contributed by atoms with Crippen molar-refractivity contribution in [2.24, 2.45) is 4.99 Å². The molecule has 3 N–H and O–H groups in total. The van der Waals surface area contributed by atoms with Crippen molar-refractivity contribution in [2.75, 3.05) is 27.7 Å². The quantitative estimate of drug-likeness (QED) is 0.351. The lowest BCUT2D eigenvalue weighted by Gasteiger charge is -2.13. The summed E-state index contributed by atoms with van der Waals surface area (Å²) in [4.78, 5) is 17.8. The Kier molecular flexibility index (Phi) is 8.96. The number of aromatic nitrogens is 2. The van der Waals surface area contributed by atoms with Gasteiger partial charge >= 0.3 is 0 Å². The molecule has 0 aliphatic heterocycles. The third-order valence-corrected chi connectivity index (χ3v) is 3.51. The molecule has 0 saturated carbocycles. The minimum atomic E-state index is 0. The van der Waals surface area contributed by atoms with Gasteiger partial charge < -0.3 is 15.5 Å². The number of rotatable bonds is 6. The average molecular weight is 456 g/mol. The van der Waals surface area contributed by atoms with Crippen molar-refractivity contribution in [1.29, 1.82) is 0 Å². The summed E-state index contributed by atoms with van der Waals surface area (Å²) in [7, 11) is 5.25. The maximum absolute atomic E-state index is 12.0. The van der Waals surface area contributed by atoms with Crippen LogP contribution in [0.5, 0.6) is 0 Å². The maximum Gasteiger partial charge on any atom is 0.253 e. The molecular weight excluding hydrogens is 431 g/mol. The second-order valence-corrected chi connectivity index (χ2v) is 5.58. The van der Waals surface area contributed by atoms with Crippen LogP contribution in [0.4, 0.5) is 0 Å². The molecule has 1 aromatic carbocycles. The molecule has 0 radical (unpaired) electrons.